The molecular formula is C22H32N2O5S. The number of hydrogen-bond acceptors (Lipinski definition) is 5. The van der Waals surface area contributed by atoms with Gasteiger partial charge >= 0.3 is 0 Å². The van der Waals surface area contributed by atoms with E-state index in [1.54, 1.807) is 30.1 Å². The first-order chi connectivity index (χ1) is 14.5. The average Bonchev–Trinajstić information content (AvgIpc) is 3.33. The van der Waals surface area contributed by atoms with Crippen molar-refractivity contribution in [1.82, 2.24) is 9.21 Å². The number of sulfonamides is 1. The molecule has 0 bridgehead atoms. The standard InChI is InChI=1S/C22H32N2O5S/c1-23(18-9-3-2-4-10-18)30(26,27)19-11-7-8-17(16-19)21(25)24-13-6-5-12-20(24)22-28-14-15-29-22/h7-8,11,16,18,20,22H,2-6,9-10,12-15H2,1H3. The van der Waals surface area contributed by atoms with Crippen molar-refractivity contribution in [1.29, 1.82) is 0 Å². The van der Waals surface area contributed by atoms with E-state index in [0.717, 1.165) is 44.9 Å². The second-order valence-electron chi connectivity index (χ2n) is 8.51. The van der Waals surface area contributed by atoms with Crippen molar-refractivity contribution in [3.63, 3.8) is 0 Å². The van der Waals surface area contributed by atoms with Crippen molar-refractivity contribution in [2.75, 3.05) is 26.8 Å². The minimum atomic E-state index is -3.64. The highest BCUT2D eigenvalue weighted by atomic mass is 32.2. The number of benzene rings is 1. The van der Waals surface area contributed by atoms with Crippen LogP contribution in [0.15, 0.2) is 29.2 Å². The van der Waals surface area contributed by atoms with Gasteiger partial charge in [0.25, 0.3) is 5.91 Å². The number of hydrogen-bond donors (Lipinski definition) is 0. The van der Waals surface area contributed by atoms with Crippen LogP contribution in [0.2, 0.25) is 0 Å². The van der Waals surface area contributed by atoms with Crippen LogP contribution in [0.4, 0.5) is 0 Å². The van der Waals surface area contributed by atoms with Crippen molar-refractivity contribution in [3.8, 4) is 0 Å². The van der Waals surface area contributed by atoms with Gasteiger partial charge in [-0.25, -0.2) is 8.42 Å². The van der Waals surface area contributed by atoms with Crippen LogP contribution in [0.25, 0.3) is 0 Å². The molecule has 7 nitrogen and oxygen atoms in total. The van der Waals surface area contributed by atoms with Crippen LogP contribution in [0.3, 0.4) is 0 Å². The maximum Gasteiger partial charge on any atom is 0.254 e. The summed E-state index contributed by atoms with van der Waals surface area (Å²) in [4.78, 5) is 15.3. The summed E-state index contributed by atoms with van der Waals surface area (Å²) in [6.07, 6.45) is 7.47. The normalized spacial score (nSPS) is 24.5. The first-order valence-corrected chi connectivity index (χ1v) is 12.5. The molecule has 3 aliphatic rings. The van der Waals surface area contributed by atoms with Gasteiger partial charge < -0.3 is 14.4 Å². The minimum absolute atomic E-state index is 0.0336. The lowest BCUT2D eigenvalue weighted by molar-refractivity contribution is -0.100. The number of carbonyl (C=O) groups excluding carboxylic acids is 1. The molecule has 166 valence electrons. The number of amides is 1. The summed E-state index contributed by atoms with van der Waals surface area (Å²) in [6, 6.07) is 6.38. The summed E-state index contributed by atoms with van der Waals surface area (Å²) in [7, 11) is -1.98. The van der Waals surface area contributed by atoms with Gasteiger partial charge in [-0.1, -0.05) is 25.3 Å². The molecule has 2 aliphatic heterocycles. The largest absolute Gasteiger partial charge is 0.348 e. The summed E-state index contributed by atoms with van der Waals surface area (Å²) in [5.74, 6) is -0.156. The first-order valence-electron chi connectivity index (χ1n) is 11.1. The monoisotopic (exact) mass is 436 g/mol. The van der Waals surface area contributed by atoms with Crippen LogP contribution in [0.5, 0.6) is 0 Å². The van der Waals surface area contributed by atoms with Crippen LogP contribution < -0.4 is 0 Å². The SMILES string of the molecule is CN(C1CCCCC1)S(=O)(=O)c1cccc(C(=O)N2CCCCC2C2OCCO2)c1. The van der Waals surface area contributed by atoms with Gasteiger partial charge in [0.05, 0.1) is 24.2 Å². The molecule has 0 spiro atoms. The Morgan fingerprint density at radius 3 is 2.47 bits per heavy atom. The molecule has 3 fully saturated rings. The molecule has 0 aromatic heterocycles. The Balaban J connectivity index is 1.55. The lowest BCUT2D eigenvalue weighted by Crippen LogP contribution is -2.50. The van der Waals surface area contributed by atoms with Crippen molar-refractivity contribution < 1.29 is 22.7 Å². The minimum Gasteiger partial charge on any atom is -0.348 e. The highest BCUT2D eigenvalue weighted by Crippen LogP contribution is 2.29. The van der Waals surface area contributed by atoms with E-state index < -0.39 is 16.3 Å². The fraction of sp³-hybridized carbons (Fsp3) is 0.682. The Hall–Kier alpha value is -1.48. The number of piperidine rings is 1. The van der Waals surface area contributed by atoms with Crippen molar-refractivity contribution in [3.05, 3.63) is 29.8 Å². The van der Waals surface area contributed by atoms with Gasteiger partial charge in [-0.3, -0.25) is 4.79 Å². The molecule has 0 N–H and O–H groups in total. The molecule has 1 unspecified atom stereocenters. The van der Waals surface area contributed by atoms with Crippen molar-refractivity contribution >= 4 is 15.9 Å². The van der Waals surface area contributed by atoms with E-state index in [1.807, 2.05) is 0 Å². The fourth-order valence-corrected chi connectivity index (χ4v) is 6.32. The third-order valence-corrected chi connectivity index (χ3v) is 8.52. The predicted molar refractivity (Wildman–Crippen MR) is 113 cm³/mol. The summed E-state index contributed by atoms with van der Waals surface area (Å²) >= 11 is 0. The van der Waals surface area contributed by atoms with Gasteiger partial charge in [0.1, 0.15) is 0 Å². The van der Waals surface area contributed by atoms with E-state index in [9.17, 15) is 13.2 Å². The van der Waals surface area contributed by atoms with E-state index in [4.69, 9.17) is 9.47 Å². The number of ether oxygens (including phenoxy) is 2. The van der Waals surface area contributed by atoms with Gasteiger partial charge in [0.15, 0.2) is 6.29 Å². The van der Waals surface area contributed by atoms with Gasteiger partial charge in [-0.2, -0.15) is 4.31 Å². The number of rotatable bonds is 5. The zero-order chi connectivity index (χ0) is 21.1. The third kappa shape index (κ3) is 4.42. The Labute approximate surface area is 179 Å². The Bertz CT molecular complexity index is 847. The zero-order valence-electron chi connectivity index (χ0n) is 17.7. The summed E-state index contributed by atoms with van der Waals surface area (Å²) in [5, 5.41) is 0. The van der Waals surface area contributed by atoms with Crippen molar-refractivity contribution in [2.24, 2.45) is 0 Å². The maximum absolute atomic E-state index is 13.3. The Morgan fingerprint density at radius 2 is 1.73 bits per heavy atom. The Morgan fingerprint density at radius 1 is 1.03 bits per heavy atom. The van der Waals surface area contributed by atoms with E-state index in [2.05, 4.69) is 0 Å². The number of carbonyl (C=O) groups is 1. The van der Waals surface area contributed by atoms with E-state index >= 15 is 0 Å². The lowest BCUT2D eigenvalue weighted by atomic mass is 9.96. The van der Waals surface area contributed by atoms with Crippen molar-refractivity contribution in [2.45, 2.75) is 74.6 Å². The molecule has 8 heteroatoms. The second kappa shape index (κ2) is 9.34. The van der Waals surface area contributed by atoms with E-state index in [0.29, 0.717) is 25.3 Å². The summed E-state index contributed by atoms with van der Waals surface area (Å²) in [5.41, 5.74) is 0.401. The Kier molecular flexibility index (Phi) is 6.77. The summed E-state index contributed by atoms with van der Waals surface area (Å²) in [6.45, 7) is 1.72. The molecule has 1 amide bonds. The smallest absolute Gasteiger partial charge is 0.254 e. The molecule has 4 rings (SSSR count). The van der Waals surface area contributed by atoms with Gasteiger partial charge in [-0.05, 0) is 50.3 Å². The first kappa shape index (κ1) is 21.7. The highest BCUT2D eigenvalue weighted by Gasteiger charge is 2.37. The molecular weight excluding hydrogens is 404 g/mol. The van der Waals surface area contributed by atoms with Gasteiger partial charge in [-0.15, -0.1) is 0 Å². The zero-order valence-corrected chi connectivity index (χ0v) is 18.5. The van der Waals surface area contributed by atoms with E-state index in [1.165, 1.54) is 16.8 Å². The molecule has 30 heavy (non-hydrogen) atoms. The van der Waals surface area contributed by atoms with Crippen LogP contribution >= 0.6 is 0 Å². The number of nitrogens with zero attached hydrogens (tertiary/aromatic N) is 2. The van der Waals surface area contributed by atoms with Gasteiger partial charge in [0, 0.05) is 25.2 Å². The summed E-state index contributed by atoms with van der Waals surface area (Å²) < 4.78 is 39.3. The quantitative estimate of drug-likeness (QED) is 0.709. The predicted octanol–water partition coefficient (Wildman–Crippen LogP) is 3.01. The van der Waals surface area contributed by atoms with E-state index in [-0.39, 0.29) is 22.9 Å². The maximum atomic E-state index is 13.3. The molecule has 1 saturated carbocycles. The topological polar surface area (TPSA) is 76.2 Å². The molecule has 1 aromatic rings. The number of likely N-dealkylation sites (tertiary alicyclic amines) is 1. The molecule has 0 radical (unpaired) electrons. The molecule has 2 heterocycles. The molecule has 1 aliphatic carbocycles. The third-order valence-electron chi connectivity index (χ3n) is 6.62. The van der Waals surface area contributed by atoms with Crippen LogP contribution in [0.1, 0.15) is 61.7 Å². The molecule has 1 aromatic carbocycles. The molecule has 2 saturated heterocycles. The fourth-order valence-electron chi connectivity index (χ4n) is 4.85. The molecule has 1 atom stereocenters. The van der Waals surface area contributed by atoms with Crippen LogP contribution in [0, 0.1) is 0 Å². The highest BCUT2D eigenvalue weighted by molar-refractivity contribution is 7.89. The average molecular weight is 437 g/mol. The second-order valence-corrected chi connectivity index (χ2v) is 10.5. The van der Waals surface area contributed by atoms with Crippen LogP contribution in [-0.4, -0.2) is 68.7 Å². The van der Waals surface area contributed by atoms with Crippen LogP contribution in [-0.2, 0) is 19.5 Å². The lowest BCUT2D eigenvalue weighted by Gasteiger charge is -2.38. The van der Waals surface area contributed by atoms with Gasteiger partial charge in [0.2, 0.25) is 10.0 Å².